The zero-order chi connectivity index (χ0) is 21.4. The first-order valence-electron chi connectivity index (χ1n) is 8.10. The highest BCUT2D eigenvalue weighted by atomic mass is 32.2. The highest BCUT2D eigenvalue weighted by Crippen LogP contribution is 2.42. The third-order valence-electron chi connectivity index (χ3n) is 3.65. The van der Waals surface area contributed by atoms with Crippen LogP contribution in [0.3, 0.4) is 0 Å². The summed E-state index contributed by atoms with van der Waals surface area (Å²) in [5, 5.41) is 7.97. The van der Waals surface area contributed by atoms with E-state index in [0.717, 1.165) is 23.9 Å². The molecule has 0 bridgehead atoms. The van der Waals surface area contributed by atoms with Crippen LogP contribution in [-0.4, -0.2) is 40.5 Å². The van der Waals surface area contributed by atoms with Crippen LogP contribution in [0, 0.1) is 5.92 Å². The molecule has 1 heterocycles. The molecule has 0 aromatic heterocycles. The predicted molar refractivity (Wildman–Crippen MR) is 94.6 cm³/mol. The van der Waals surface area contributed by atoms with Crippen molar-refractivity contribution in [1.82, 2.24) is 0 Å². The highest BCUT2D eigenvalue weighted by Gasteiger charge is 2.44. The fraction of sp³-hybridized carbons (Fsp3) is 0.471. The van der Waals surface area contributed by atoms with E-state index in [0.29, 0.717) is 11.0 Å². The Hall–Kier alpha value is -2.27. The number of aliphatic carboxylic acids is 1. The molecule has 11 heteroatoms. The normalized spacial score (nSPS) is 20.4. The maximum atomic E-state index is 13.1. The van der Waals surface area contributed by atoms with Crippen LogP contribution in [0.5, 0.6) is 0 Å². The van der Waals surface area contributed by atoms with Gasteiger partial charge in [-0.05, 0) is 39.0 Å². The Kier molecular flexibility index (Phi) is 6.00. The molecule has 28 heavy (non-hydrogen) atoms. The van der Waals surface area contributed by atoms with Crippen molar-refractivity contribution in [2.24, 2.45) is 11.7 Å². The lowest BCUT2D eigenvalue weighted by atomic mass is 10.1. The molecule has 7 nitrogen and oxygen atoms in total. The number of halogens is 3. The van der Waals surface area contributed by atoms with Gasteiger partial charge in [-0.2, -0.15) is 13.2 Å². The molecule has 0 saturated heterocycles. The van der Waals surface area contributed by atoms with Crippen molar-refractivity contribution < 1.29 is 37.4 Å². The van der Waals surface area contributed by atoms with E-state index in [1.54, 1.807) is 20.8 Å². The van der Waals surface area contributed by atoms with E-state index in [-0.39, 0.29) is 10.6 Å². The van der Waals surface area contributed by atoms with Crippen LogP contribution in [0.15, 0.2) is 23.1 Å². The van der Waals surface area contributed by atoms with Crippen LogP contribution in [0.4, 0.5) is 18.9 Å². The number of carbonyl (C=O) groups is 3. The Balaban J connectivity index is 2.56. The van der Waals surface area contributed by atoms with Gasteiger partial charge in [-0.15, -0.1) is 11.8 Å². The topological polar surface area (TPSA) is 110 Å². The van der Waals surface area contributed by atoms with Gasteiger partial charge >= 0.3 is 18.1 Å². The van der Waals surface area contributed by atoms with Crippen molar-refractivity contribution in [2.45, 2.75) is 42.8 Å². The number of benzene rings is 1. The number of nitrogens with two attached hydrogens (primary N) is 1. The fourth-order valence-corrected chi connectivity index (χ4v) is 3.64. The monoisotopic (exact) mass is 420 g/mol. The minimum Gasteiger partial charge on any atom is -0.480 e. The van der Waals surface area contributed by atoms with E-state index in [2.05, 4.69) is 0 Å². The number of alkyl halides is 3. The number of fused-ring (bicyclic) bond motifs is 1. The van der Waals surface area contributed by atoms with E-state index < -0.39 is 53.0 Å². The third-order valence-corrected chi connectivity index (χ3v) is 4.80. The van der Waals surface area contributed by atoms with E-state index in [1.807, 2.05) is 0 Å². The van der Waals surface area contributed by atoms with E-state index in [1.165, 1.54) is 0 Å². The zero-order valence-electron chi connectivity index (χ0n) is 15.2. The molecular weight excluding hydrogens is 401 g/mol. The van der Waals surface area contributed by atoms with Crippen molar-refractivity contribution >= 4 is 35.3 Å². The number of nitrogens with zero attached hydrogens (tertiary/aromatic N) is 1. The lowest BCUT2D eigenvalue weighted by Gasteiger charge is -2.27. The van der Waals surface area contributed by atoms with Gasteiger partial charge in [-0.3, -0.25) is 19.3 Å². The summed E-state index contributed by atoms with van der Waals surface area (Å²) in [6.07, 6.45) is -4.70. The number of amides is 1. The molecule has 3 N–H and O–H groups in total. The van der Waals surface area contributed by atoms with Gasteiger partial charge < -0.3 is 15.6 Å². The van der Waals surface area contributed by atoms with Gasteiger partial charge in [0.15, 0.2) is 5.92 Å². The molecule has 1 aromatic rings. The van der Waals surface area contributed by atoms with E-state index in [9.17, 15) is 27.6 Å². The molecule has 154 valence electrons. The number of carboxylic acid groups (broad SMARTS) is 1. The lowest BCUT2D eigenvalue weighted by molar-refractivity contribution is -0.162. The van der Waals surface area contributed by atoms with Crippen molar-refractivity contribution in [1.29, 1.82) is 0 Å². The molecule has 0 spiro atoms. The molecule has 0 radical (unpaired) electrons. The van der Waals surface area contributed by atoms with E-state index in [4.69, 9.17) is 15.6 Å². The summed E-state index contributed by atoms with van der Waals surface area (Å²) in [5.74, 6) is -5.04. The van der Waals surface area contributed by atoms with Gasteiger partial charge in [0.05, 0.1) is 16.6 Å². The number of thioether (sulfide) groups is 1. The molecule has 0 fully saturated rings. The van der Waals surface area contributed by atoms with Crippen molar-refractivity contribution in [2.75, 3.05) is 11.4 Å². The molecule has 0 saturated carbocycles. The summed E-state index contributed by atoms with van der Waals surface area (Å²) < 4.78 is 44.5. The van der Waals surface area contributed by atoms with Crippen LogP contribution in [0.1, 0.15) is 26.3 Å². The maximum absolute atomic E-state index is 13.1. The van der Waals surface area contributed by atoms with Gasteiger partial charge in [0, 0.05) is 4.90 Å². The Morgan fingerprint density at radius 2 is 1.89 bits per heavy atom. The number of esters is 1. The van der Waals surface area contributed by atoms with Crippen molar-refractivity contribution in [3.05, 3.63) is 23.8 Å². The number of carbonyl (C=O) groups excluding carboxylic acids is 2. The van der Waals surface area contributed by atoms with Gasteiger partial charge in [0.1, 0.15) is 12.1 Å². The Morgan fingerprint density at radius 3 is 2.39 bits per heavy atom. The smallest absolute Gasteiger partial charge is 0.416 e. The number of carboxylic acids is 1. The molecule has 2 atom stereocenters. The van der Waals surface area contributed by atoms with Crippen LogP contribution >= 0.6 is 11.8 Å². The summed E-state index contributed by atoms with van der Waals surface area (Å²) in [5.41, 5.74) is 3.70. The minimum absolute atomic E-state index is 0.154. The minimum atomic E-state index is -4.70. The number of hydrogen-bond donors (Lipinski definition) is 2. The standard InChI is InChI=1S/C17H19F3N2O5S/c1-16(2,3)27-15(26)12-13(21)28-10-5-4-8(17(18,19)20)6-9(10)22(14(12)25)7-11(23)24/h4-6,12-13H,7,21H2,1-3H3,(H,23,24)/t12?,13-/m0/s1. The largest absolute Gasteiger partial charge is 0.480 e. The van der Waals surface area contributed by atoms with Crippen LogP contribution in [0.25, 0.3) is 0 Å². The quantitative estimate of drug-likeness (QED) is 0.571. The van der Waals surface area contributed by atoms with Gasteiger partial charge in [0.2, 0.25) is 5.91 Å². The molecule has 1 amide bonds. The maximum Gasteiger partial charge on any atom is 0.416 e. The zero-order valence-corrected chi connectivity index (χ0v) is 16.1. The average molecular weight is 420 g/mol. The summed E-state index contributed by atoms with van der Waals surface area (Å²) in [7, 11) is 0. The highest BCUT2D eigenvalue weighted by molar-refractivity contribution is 8.00. The Bertz CT molecular complexity index is 807. The molecule has 1 aliphatic rings. The second-order valence-electron chi connectivity index (χ2n) is 7.09. The SMILES string of the molecule is CC(C)(C)OC(=O)C1C(=O)N(CC(=O)O)c2cc(C(F)(F)F)ccc2S[C@@H]1N. The molecule has 1 aliphatic heterocycles. The molecule has 1 unspecified atom stereocenters. The molecule has 0 aliphatic carbocycles. The summed E-state index contributed by atoms with van der Waals surface area (Å²) in [6.45, 7) is 3.79. The van der Waals surface area contributed by atoms with Gasteiger partial charge in [0.25, 0.3) is 0 Å². The first-order valence-corrected chi connectivity index (χ1v) is 8.98. The Labute approximate surface area is 163 Å². The predicted octanol–water partition coefficient (Wildman–Crippen LogP) is 2.47. The van der Waals surface area contributed by atoms with Crippen LogP contribution in [-0.2, 0) is 25.3 Å². The molecule has 2 rings (SSSR count). The van der Waals surface area contributed by atoms with E-state index >= 15 is 0 Å². The third kappa shape index (κ3) is 4.96. The van der Waals surface area contributed by atoms with Crippen molar-refractivity contribution in [3.8, 4) is 0 Å². The molecular formula is C17H19F3N2O5S. The fourth-order valence-electron chi connectivity index (χ4n) is 2.54. The second kappa shape index (κ2) is 7.63. The van der Waals surface area contributed by atoms with Crippen LogP contribution < -0.4 is 10.6 Å². The van der Waals surface area contributed by atoms with Crippen LogP contribution in [0.2, 0.25) is 0 Å². The first-order chi connectivity index (χ1) is 12.7. The Morgan fingerprint density at radius 1 is 1.29 bits per heavy atom. The summed E-state index contributed by atoms with van der Waals surface area (Å²) >= 11 is 0.803. The van der Waals surface area contributed by atoms with Crippen molar-refractivity contribution in [3.63, 3.8) is 0 Å². The first kappa shape index (κ1) is 22.0. The number of ether oxygens (including phenoxy) is 1. The lowest BCUT2D eigenvalue weighted by Crippen LogP contribution is -2.48. The average Bonchev–Trinajstić information content (AvgIpc) is 2.59. The number of anilines is 1. The number of rotatable bonds is 3. The summed E-state index contributed by atoms with van der Waals surface area (Å²) in [4.78, 5) is 37.4. The van der Waals surface area contributed by atoms with Gasteiger partial charge in [-0.1, -0.05) is 0 Å². The second-order valence-corrected chi connectivity index (χ2v) is 8.31. The molecule has 1 aromatic carbocycles. The number of hydrogen-bond acceptors (Lipinski definition) is 6. The summed E-state index contributed by atoms with van der Waals surface area (Å²) in [6, 6.07) is 2.57. The van der Waals surface area contributed by atoms with Gasteiger partial charge in [-0.25, -0.2) is 0 Å².